The molecule has 5 nitrogen and oxygen atoms in total. The molecule has 0 aliphatic carbocycles. The maximum absolute atomic E-state index is 13.0. The molecule has 0 saturated heterocycles. The number of nitrogens with zero attached hydrogens (tertiary/aromatic N) is 1. The van der Waals surface area contributed by atoms with Crippen LogP contribution in [0.3, 0.4) is 0 Å². The van der Waals surface area contributed by atoms with Crippen LogP contribution in [0.25, 0.3) is 17.0 Å². The lowest BCUT2D eigenvalue weighted by Gasteiger charge is -2.08. The Labute approximate surface area is 151 Å². The fourth-order valence-electron chi connectivity index (χ4n) is 2.96. The van der Waals surface area contributed by atoms with Crippen molar-refractivity contribution < 1.29 is 14.3 Å². The molecule has 0 unspecified atom stereocenters. The van der Waals surface area contributed by atoms with E-state index < -0.39 is 0 Å². The Bertz CT molecular complexity index is 1050. The summed E-state index contributed by atoms with van der Waals surface area (Å²) >= 11 is 0. The molecular weight excluding hydrogens is 328 g/mol. The summed E-state index contributed by atoms with van der Waals surface area (Å²) in [6, 6.07) is 14.8. The molecule has 26 heavy (non-hydrogen) atoms. The van der Waals surface area contributed by atoms with E-state index >= 15 is 0 Å². The summed E-state index contributed by atoms with van der Waals surface area (Å²) in [4.78, 5) is 16.2. The molecule has 0 amide bonds. The van der Waals surface area contributed by atoms with E-state index in [1.54, 1.807) is 31.4 Å². The number of hydrogen-bond acceptors (Lipinski definition) is 4. The highest BCUT2D eigenvalue weighted by Crippen LogP contribution is 2.29. The van der Waals surface area contributed by atoms with Gasteiger partial charge in [-0.05, 0) is 36.8 Å². The summed E-state index contributed by atoms with van der Waals surface area (Å²) < 4.78 is 10.5. The monoisotopic (exact) mass is 346 g/mol. The molecule has 1 N–H and O–H groups in total. The van der Waals surface area contributed by atoms with Gasteiger partial charge in [-0.15, -0.1) is 0 Å². The average molecular weight is 346 g/mol. The number of nitriles is 1. The number of allylic oxidation sites excluding steroid dienone is 1. The number of aromatic amines is 1. The zero-order valence-electron chi connectivity index (χ0n) is 14.8. The molecule has 3 aromatic rings. The third-order valence-corrected chi connectivity index (χ3v) is 4.20. The van der Waals surface area contributed by atoms with Crippen molar-refractivity contribution in [3.63, 3.8) is 0 Å². The largest absolute Gasteiger partial charge is 0.493 e. The van der Waals surface area contributed by atoms with Crippen LogP contribution in [0.4, 0.5) is 0 Å². The lowest BCUT2D eigenvalue weighted by atomic mass is 9.99. The Morgan fingerprint density at radius 1 is 1.12 bits per heavy atom. The molecule has 1 heterocycles. The molecule has 0 atom stereocenters. The molecule has 0 spiro atoms. The quantitative estimate of drug-likeness (QED) is 0.425. The highest BCUT2D eigenvalue weighted by Gasteiger charge is 2.19. The summed E-state index contributed by atoms with van der Waals surface area (Å²) in [5.74, 6) is 0.813. The van der Waals surface area contributed by atoms with Crippen LogP contribution in [-0.4, -0.2) is 25.0 Å². The van der Waals surface area contributed by atoms with Gasteiger partial charge in [-0.25, -0.2) is 0 Å². The normalized spacial score (nSPS) is 11.2. The third-order valence-electron chi connectivity index (χ3n) is 4.20. The topological polar surface area (TPSA) is 75.1 Å². The molecular formula is C21H18N2O3. The highest BCUT2D eigenvalue weighted by atomic mass is 16.5. The highest BCUT2D eigenvalue weighted by molar-refractivity contribution is 6.20. The predicted molar refractivity (Wildman–Crippen MR) is 101 cm³/mol. The van der Waals surface area contributed by atoms with Crippen LogP contribution in [-0.2, 0) is 0 Å². The molecule has 5 heteroatoms. The Morgan fingerprint density at radius 2 is 1.85 bits per heavy atom. The number of carbonyl (C=O) groups is 1. The Hall–Kier alpha value is -3.52. The van der Waals surface area contributed by atoms with Gasteiger partial charge in [0.15, 0.2) is 11.5 Å². The Kier molecular flexibility index (Phi) is 4.76. The first kappa shape index (κ1) is 17.3. The van der Waals surface area contributed by atoms with Crippen molar-refractivity contribution in [2.75, 3.05) is 14.2 Å². The van der Waals surface area contributed by atoms with E-state index in [1.165, 1.54) is 7.11 Å². The van der Waals surface area contributed by atoms with Crippen molar-refractivity contribution >= 4 is 22.8 Å². The van der Waals surface area contributed by atoms with Crippen LogP contribution in [0, 0.1) is 18.3 Å². The maximum Gasteiger partial charge on any atom is 0.205 e. The number of Topliss-reactive ketones (excluding diaryl/α,β-unsaturated/α-hetero) is 1. The summed E-state index contributed by atoms with van der Waals surface area (Å²) in [5, 5.41) is 10.4. The van der Waals surface area contributed by atoms with Crippen LogP contribution in [0.15, 0.2) is 48.0 Å². The molecule has 0 aliphatic heterocycles. The second-order valence-electron chi connectivity index (χ2n) is 5.78. The smallest absolute Gasteiger partial charge is 0.205 e. The van der Waals surface area contributed by atoms with E-state index in [4.69, 9.17) is 9.47 Å². The molecule has 0 aliphatic rings. The van der Waals surface area contributed by atoms with E-state index in [2.05, 4.69) is 4.98 Å². The summed E-state index contributed by atoms with van der Waals surface area (Å²) in [5.41, 5.74) is 2.88. The maximum atomic E-state index is 13.0. The number of H-pyrrole nitrogens is 1. The summed E-state index contributed by atoms with van der Waals surface area (Å²) in [6.07, 6.45) is 1.56. The molecule has 1 aromatic heterocycles. The van der Waals surface area contributed by atoms with Gasteiger partial charge in [-0.3, -0.25) is 4.79 Å². The van der Waals surface area contributed by atoms with Gasteiger partial charge >= 0.3 is 0 Å². The second kappa shape index (κ2) is 7.16. The molecule has 3 rings (SSSR count). The standard InChI is InChI=1S/C21H18N2O3/c1-13-20(16-6-4-5-7-17(16)23-13)21(24)15(12-22)10-14-8-9-18(25-2)19(11-14)26-3/h4-11,23H,1-3H3. The first-order valence-corrected chi connectivity index (χ1v) is 8.05. The van der Waals surface area contributed by atoms with Crippen LogP contribution in [0.2, 0.25) is 0 Å². The zero-order chi connectivity index (χ0) is 18.7. The fraction of sp³-hybridized carbons (Fsp3) is 0.143. The van der Waals surface area contributed by atoms with Crippen molar-refractivity contribution in [3.05, 3.63) is 64.9 Å². The number of nitrogens with one attached hydrogen (secondary N) is 1. The van der Waals surface area contributed by atoms with E-state index in [9.17, 15) is 10.1 Å². The number of aromatic nitrogens is 1. The van der Waals surface area contributed by atoms with Crippen molar-refractivity contribution in [2.45, 2.75) is 6.92 Å². The molecule has 0 fully saturated rings. The fourth-order valence-corrected chi connectivity index (χ4v) is 2.96. The van der Waals surface area contributed by atoms with Crippen LogP contribution in [0.1, 0.15) is 21.6 Å². The van der Waals surface area contributed by atoms with Gasteiger partial charge in [0.1, 0.15) is 11.6 Å². The van der Waals surface area contributed by atoms with Gasteiger partial charge in [-0.1, -0.05) is 24.3 Å². The number of aryl methyl sites for hydroxylation is 1. The number of methoxy groups -OCH3 is 2. The van der Waals surface area contributed by atoms with Crippen LogP contribution in [0.5, 0.6) is 11.5 Å². The van der Waals surface area contributed by atoms with Crippen molar-refractivity contribution in [1.29, 1.82) is 5.26 Å². The predicted octanol–water partition coefficient (Wildman–Crippen LogP) is 4.28. The van der Waals surface area contributed by atoms with Gasteiger partial charge in [0.05, 0.1) is 19.8 Å². The molecule has 0 saturated carbocycles. The van der Waals surface area contributed by atoms with Crippen LogP contribution >= 0.6 is 0 Å². The van der Waals surface area contributed by atoms with E-state index in [0.29, 0.717) is 22.6 Å². The number of ether oxygens (including phenoxy) is 2. The molecule has 130 valence electrons. The molecule has 0 radical (unpaired) electrons. The number of carbonyl (C=O) groups excluding carboxylic acids is 1. The van der Waals surface area contributed by atoms with Gasteiger partial charge in [0.25, 0.3) is 0 Å². The number of para-hydroxylation sites is 1. The lowest BCUT2D eigenvalue weighted by Crippen LogP contribution is -2.03. The zero-order valence-corrected chi connectivity index (χ0v) is 14.8. The van der Waals surface area contributed by atoms with E-state index in [1.807, 2.05) is 37.3 Å². The van der Waals surface area contributed by atoms with Gasteiger partial charge in [0, 0.05) is 16.6 Å². The number of rotatable bonds is 5. The van der Waals surface area contributed by atoms with Crippen molar-refractivity contribution in [3.8, 4) is 17.6 Å². The van der Waals surface area contributed by atoms with Gasteiger partial charge < -0.3 is 14.5 Å². The lowest BCUT2D eigenvalue weighted by molar-refractivity contribution is 0.104. The van der Waals surface area contributed by atoms with E-state index in [0.717, 1.165) is 16.6 Å². The van der Waals surface area contributed by atoms with Gasteiger partial charge in [-0.2, -0.15) is 5.26 Å². The Morgan fingerprint density at radius 3 is 2.54 bits per heavy atom. The first-order valence-electron chi connectivity index (χ1n) is 8.05. The van der Waals surface area contributed by atoms with Crippen molar-refractivity contribution in [2.24, 2.45) is 0 Å². The SMILES string of the molecule is COc1ccc(C=C(C#N)C(=O)c2c(C)[nH]c3ccccc23)cc1OC. The number of hydrogen-bond donors (Lipinski definition) is 1. The third kappa shape index (κ3) is 3.05. The minimum absolute atomic E-state index is 0.0603. The average Bonchev–Trinajstić information content (AvgIpc) is 3.00. The van der Waals surface area contributed by atoms with E-state index in [-0.39, 0.29) is 11.4 Å². The molecule has 0 bridgehead atoms. The van der Waals surface area contributed by atoms with Crippen molar-refractivity contribution in [1.82, 2.24) is 4.98 Å². The summed E-state index contributed by atoms with van der Waals surface area (Å²) in [7, 11) is 3.09. The molecule has 2 aromatic carbocycles. The first-order chi connectivity index (χ1) is 12.6. The van der Waals surface area contributed by atoms with Crippen LogP contribution < -0.4 is 9.47 Å². The van der Waals surface area contributed by atoms with Gasteiger partial charge in [0.2, 0.25) is 5.78 Å². The number of ketones is 1. The summed E-state index contributed by atoms with van der Waals surface area (Å²) in [6.45, 7) is 1.83. The second-order valence-corrected chi connectivity index (χ2v) is 5.78. The minimum Gasteiger partial charge on any atom is -0.493 e. The Balaban J connectivity index is 2.06. The minimum atomic E-state index is -0.308. The number of benzene rings is 2. The number of fused-ring (bicyclic) bond motifs is 1.